The van der Waals surface area contributed by atoms with Crippen LogP contribution in [0.2, 0.25) is 0 Å². The van der Waals surface area contributed by atoms with E-state index in [-0.39, 0.29) is 30.5 Å². The van der Waals surface area contributed by atoms with E-state index in [9.17, 15) is 14.4 Å². The Morgan fingerprint density at radius 3 is 2.27 bits per heavy atom. The maximum atomic E-state index is 13.1. The molecule has 1 aliphatic rings. The van der Waals surface area contributed by atoms with E-state index in [1.807, 2.05) is 53.7 Å². The fourth-order valence-electron chi connectivity index (χ4n) is 3.73. The molecule has 208 valence electrons. The molecule has 0 radical (unpaired) electrons. The zero-order valence-corrected chi connectivity index (χ0v) is 23.1. The number of anilines is 1. The van der Waals surface area contributed by atoms with E-state index in [1.54, 1.807) is 17.0 Å². The van der Waals surface area contributed by atoms with Crippen molar-refractivity contribution in [1.82, 2.24) is 15.5 Å². The Morgan fingerprint density at radius 1 is 1.05 bits per heavy atom. The molecule has 2 atom stereocenters. The van der Waals surface area contributed by atoms with Crippen LogP contribution in [0.3, 0.4) is 0 Å². The van der Waals surface area contributed by atoms with Gasteiger partial charge in [0.1, 0.15) is 17.4 Å². The maximum absolute atomic E-state index is 13.1. The summed E-state index contributed by atoms with van der Waals surface area (Å²) in [6.45, 7) is 13.9. The van der Waals surface area contributed by atoms with Crippen LogP contribution in [0.15, 0.2) is 24.3 Å². The minimum atomic E-state index is -0.606. The lowest BCUT2D eigenvalue weighted by Crippen LogP contribution is -2.55. The van der Waals surface area contributed by atoms with Crippen LogP contribution in [0.4, 0.5) is 10.5 Å². The average molecular weight is 521 g/mol. The van der Waals surface area contributed by atoms with Gasteiger partial charge in [0.15, 0.2) is 6.61 Å². The fourth-order valence-corrected chi connectivity index (χ4v) is 3.73. The number of carbonyl (C=O) groups is 3. The van der Waals surface area contributed by atoms with E-state index < -0.39 is 17.6 Å². The molecule has 0 bridgehead atoms. The van der Waals surface area contributed by atoms with Crippen LogP contribution in [0.1, 0.15) is 54.4 Å². The maximum Gasteiger partial charge on any atom is 0.344 e. The zero-order chi connectivity index (χ0) is 27.4. The van der Waals surface area contributed by atoms with Gasteiger partial charge in [0.25, 0.3) is 0 Å². The topological polar surface area (TPSA) is 118 Å². The number of hydrogen-bond acceptors (Lipinski definition) is 7. The molecule has 10 nitrogen and oxygen atoms in total. The Balaban J connectivity index is 1.85. The van der Waals surface area contributed by atoms with Crippen molar-refractivity contribution in [2.75, 3.05) is 44.8 Å². The molecule has 10 heteroatoms. The first-order valence-corrected chi connectivity index (χ1v) is 13.1. The van der Waals surface area contributed by atoms with E-state index in [4.69, 9.17) is 14.2 Å². The van der Waals surface area contributed by atoms with Gasteiger partial charge < -0.3 is 35.1 Å². The number of nitrogens with zero attached hydrogens (tertiary/aromatic N) is 1. The van der Waals surface area contributed by atoms with Crippen molar-refractivity contribution in [3.05, 3.63) is 24.3 Å². The number of esters is 1. The number of nitrogens with one attached hydrogen (secondary N) is 3. The van der Waals surface area contributed by atoms with Crippen molar-refractivity contribution in [3.63, 3.8) is 0 Å². The Morgan fingerprint density at radius 2 is 1.70 bits per heavy atom. The number of benzene rings is 1. The number of ether oxygens (including phenoxy) is 3. The summed E-state index contributed by atoms with van der Waals surface area (Å²) in [6.07, 6.45) is 1.28. The second kappa shape index (κ2) is 14.7. The molecule has 0 aromatic heterocycles. The number of amides is 3. The minimum Gasteiger partial charge on any atom is -0.482 e. The lowest BCUT2D eigenvalue weighted by molar-refractivity contribution is -0.157. The van der Waals surface area contributed by atoms with Crippen molar-refractivity contribution < 1.29 is 28.6 Å². The Kier molecular flexibility index (Phi) is 12.0. The number of carbonyl (C=O) groups excluding carboxylic acids is 3. The van der Waals surface area contributed by atoms with Gasteiger partial charge in [0, 0.05) is 31.4 Å². The van der Waals surface area contributed by atoms with Crippen LogP contribution in [0, 0.1) is 5.92 Å². The molecule has 1 heterocycles. The predicted molar refractivity (Wildman–Crippen MR) is 143 cm³/mol. The van der Waals surface area contributed by atoms with Crippen LogP contribution in [0.5, 0.6) is 5.75 Å². The predicted octanol–water partition coefficient (Wildman–Crippen LogP) is 3.17. The second-order valence-corrected chi connectivity index (χ2v) is 10.6. The molecular formula is C27H44N4O6. The Hall–Kier alpha value is -3.01. The summed E-state index contributed by atoms with van der Waals surface area (Å²) < 4.78 is 16.0. The highest BCUT2D eigenvalue weighted by Crippen LogP contribution is 2.17. The van der Waals surface area contributed by atoms with Crippen LogP contribution in [0.25, 0.3) is 0 Å². The highest BCUT2D eigenvalue weighted by Gasteiger charge is 2.26. The summed E-state index contributed by atoms with van der Waals surface area (Å²) in [5.41, 5.74) is 0.305. The summed E-state index contributed by atoms with van der Waals surface area (Å²) in [4.78, 5) is 39.3. The van der Waals surface area contributed by atoms with Gasteiger partial charge in [-0.2, -0.15) is 0 Å². The second-order valence-electron chi connectivity index (χ2n) is 10.6. The third-order valence-corrected chi connectivity index (χ3v) is 5.64. The van der Waals surface area contributed by atoms with Gasteiger partial charge in [0.05, 0.1) is 13.2 Å². The normalized spacial score (nSPS) is 15.5. The molecule has 3 N–H and O–H groups in total. The smallest absolute Gasteiger partial charge is 0.344 e. The first kappa shape index (κ1) is 30.2. The molecule has 37 heavy (non-hydrogen) atoms. The quantitative estimate of drug-likeness (QED) is 0.362. The monoisotopic (exact) mass is 520 g/mol. The van der Waals surface area contributed by atoms with Crippen molar-refractivity contribution in [1.29, 1.82) is 0 Å². The molecule has 1 saturated heterocycles. The molecule has 3 amide bonds. The van der Waals surface area contributed by atoms with Crippen molar-refractivity contribution in [2.45, 2.75) is 72.1 Å². The number of rotatable bonds is 12. The number of morpholine rings is 1. The molecule has 0 unspecified atom stereocenters. The molecule has 2 rings (SSSR count). The van der Waals surface area contributed by atoms with Crippen LogP contribution < -0.4 is 20.7 Å². The molecule has 1 fully saturated rings. The molecule has 1 aromatic rings. The summed E-state index contributed by atoms with van der Waals surface area (Å²) in [7, 11) is 0. The minimum absolute atomic E-state index is 0.120. The molecular weight excluding hydrogens is 476 g/mol. The first-order valence-electron chi connectivity index (χ1n) is 13.1. The van der Waals surface area contributed by atoms with Gasteiger partial charge in [-0.15, -0.1) is 0 Å². The summed E-state index contributed by atoms with van der Waals surface area (Å²) in [5.74, 6) is 0.197. The molecule has 0 saturated carbocycles. The summed E-state index contributed by atoms with van der Waals surface area (Å²) >= 11 is 0. The van der Waals surface area contributed by atoms with E-state index >= 15 is 0 Å². The number of urea groups is 1. The standard InChI is InChI=1S/C27H44N4O6/c1-7-20(17-28-21-8-10-22(11-9-21)36-18-24(32)37-27(4,5)6)29-25(33)23(16-19(2)3)30-26(34)31-12-14-35-15-13-31/h8-11,19-20,23,28H,7,12-18H2,1-6H3,(H,29,33)(H,30,34)/t20-,23-/m0/s1. The van der Waals surface area contributed by atoms with Crippen LogP contribution in [-0.4, -0.2) is 79.9 Å². The third-order valence-electron chi connectivity index (χ3n) is 5.64. The van der Waals surface area contributed by atoms with E-state index in [2.05, 4.69) is 16.0 Å². The van der Waals surface area contributed by atoms with E-state index in [1.165, 1.54) is 0 Å². The molecule has 0 spiro atoms. The van der Waals surface area contributed by atoms with Gasteiger partial charge in [0.2, 0.25) is 5.91 Å². The Labute approximate surface area is 220 Å². The lowest BCUT2D eigenvalue weighted by Gasteiger charge is -2.30. The van der Waals surface area contributed by atoms with Crippen molar-refractivity contribution in [3.8, 4) is 5.75 Å². The average Bonchev–Trinajstić information content (AvgIpc) is 2.84. The van der Waals surface area contributed by atoms with E-state index in [0.717, 1.165) is 12.1 Å². The molecule has 1 aliphatic heterocycles. The summed E-state index contributed by atoms with van der Waals surface area (Å²) in [5, 5.41) is 9.31. The third kappa shape index (κ3) is 11.7. The van der Waals surface area contributed by atoms with Gasteiger partial charge in [-0.3, -0.25) is 4.79 Å². The SMILES string of the molecule is CC[C@@H](CNc1ccc(OCC(=O)OC(C)(C)C)cc1)NC(=O)[C@H](CC(C)C)NC(=O)N1CCOCC1. The van der Waals surface area contributed by atoms with Crippen molar-refractivity contribution in [2.24, 2.45) is 5.92 Å². The summed E-state index contributed by atoms with van der Waals surface area (Å²) in [6, 6.07) is 6.28. The van der Waals surface area contributed by atoms with Gasteiger partial charge in [-0.1, -0.05) is 20.8 Å². The van der Waals surface area contributed by atoms with Gasteiger partial charge >= 0.3 is 12.0 Å². The Bertz CT molecular complexity index is 863. The highest BCUT2D eigenvalue weighted by atomic mass is 16.6. The van der Waals surface area contributed by atoms with E-state index in [0.29, 0.717) is 45.0 Å². The molecule has 0 aliphatic carbocycles. The fraction of sp³-hybridized carbons (Fsp3) is 0.667. The number of hydrogen-bond donors (Lipinski definition) is 3. The largest absolute Gasteiger partial charge is 0.482 e. The first-order chi connectivity index (χ1) is 17.5. The zero-order valence-electron chi connectivity index (χ0n) is 23.1. The highest BCUT2D eigenvalue weighted by molar-refractivity contribution is 5.87. The van der Waals surface area contributed by atoms with Crippen LogP contribution in [-0.2, 0) is 19.1 Å². The van der Waals surface area contributed by atoms with Crippen LogP contribution >= 0.6 is 0 Å². The lowest BCUT2D eigenvalue weighted by atomic mass is 10.0. The van der Waals surface area contributed by atoms with Crippen molar-refractivity contribution >= 4 is 23.6 Å². The van der Waals surface area contributed by atoms with Gasteiger partial charge in [-0.05, 0) is 63.8 Å². The van der Waals surface area contributed by atoms with Gasteiger partial charge in [-0.25, -0.2) is 9.59 Å². The molecule has 1 aromatic carbocycles.